The maximum Gasteiger partial charge on any atom is 0.199 e. The van der Waals surface area contributed by atoms with Crippen LogP contribution >= 0.6 is 11.6 Å². The fourth-order valence-electron chi connectivity index (χ4n) is 1.94. The molecule has 4 heteroatoms. The van der Waals surface area contributed by atoms with Crippen molar-refractivity contribution < 1.29 is 9.15 Å². The molecule has 1 heterocycles. The molecule has 2 aromatic rings. The van der Waals surface area contributed by atoms with Crippen molar-refractivity contribution in [3.8, 4) is 0 Å². The number of hydrogen-bond donors (Lipinski definition) is 1. The molecule has 104 valence electrons. The molecule has 1 N–H and O–H groups in total. The summed E-state index contributed by atoms with van der Waals surface area (Å²) in [7, 11) is 0. The van der Waals surface area contributed by atoms with Gasteiger partial charge in [-0.2, -0.15) is 0 Å². The summed E-state index contributed by atoms with van der Waals surface area (Å²) in [4.78, 5) is 0. The molecule has 0 saturated carbocycles. The van der Waals surface area contributed by atoms with Gasteiger partial charge in [0.2, 0.25) is 0 Å². The summed E-state index contributed by atoms with van der Waals surface area (Å²) in [5, 5.41) is 4.88. The average Bonchev–Trinajstić information content (AvgIpc) is 2.74. The maximum absolute atomic E-state index is 6.11. The van der Waals surface area contributed by atoms with Gasteiger partial charge < -0.3 is 14.5 Å². The first-order chi connectivity index (χ1) is 9.33. The Kier molecular flexibility index (Phi) is 5.70. The third-order valence-corrected chi connectivity index (χ3v) is 3.32. The summed E-state index contributed by atoms with van der Waals surface area (Å²) >= 11 is 6.11. The van der Waals surface area contributed by atoms with Gasteiger partial charge in [0.05, 0.1) is 6.61 Å². The van der Waals surface area contributed by atoms with Gasteiger partial charge in [0, 0.05) is 30.6 Å². The summed E-state index contributed by atoms with van der Waals surface area (Å²) < 4.78 is 11.0. The second-order valence-electron chi connectivity index (χ2n) is 4.49. The van der Waals surface area contributed by atoms with Crippen LogP contribution in [0.15, 0.2) is 28.7 Å². The minimum absolute atomic E-state index is 0.473. The molecule has 0 radical (unpaired) electrons. The summed E-state index contributed by atoms with van der Waals surface area (Å²) in [5.74, 6) is 0. The second-order valence-corrected chi connectivity index (χ2v) is 4.84. The molecular formula is C15H20ClNO2. The summed E-state index contributed by atoms with van der Waals surface area (Å²) in [6.07, 6.45) is 2.29. The summed E-state index contributed by atoms with van der Waals surface area (Å²) in [6.45, 7) is 5.25. The molecule has 2 rings (SSSR count). The number of unbranched alkanes of at least 4 members (excludes halogenated alkanes) is 1. The number of fused-ring (bicyclic) bond motifs is 1. The van der Waals surface area contributed by atoms with E-state index in [1.807, 2.05) is 24.3 Å². The van der Waals surface area contributed by atoms with Crippen LogP contribution in [0, 0.1) is 0 Å². The molecule has 0 spiro atoms. The number of ether oxygens (including phenoxy) is 1. The standard InChI is InChI=1S/C15H20ClNO2/c1-2-3-9-18-10-8-17-11-13-12-6-4-5-7-14(12)19-15(13)16/h4-7,17H,2-3,8-11H2,1H3. The largest absolute Gasteiger partial charge is 0.444 e. The monoisotopic (exact) mass is 281 g/mol. The second kappa shape index (κ2) is 7.53. The number of hydrogen-bond acceptors (Lipinski definition) is 3. The predicted octanol–water partition coefficient (Wildman–Crippen LogP) is 3.99. The zero-order valence-electron chi connectivity index (χ0n) is 11.2. The van der Waals surface area contributed by atoms with Crippen LogP contribution in [0.1, 0.15) is 25.3 Å². The van der Waals surface area contributed by atoms with Gasteiger partial charge in [0.15, 0.2) is 5.22 Å². The van der Waals surface area contributed by atoms with E-state index in [0.29, 0.717) is 11.8 Å². The van der Waals surface area contributed by atoms with Gasteiger partial charge in [-0.1, -0.05) is 31.5 Å². The van der Waals surface area contributed by atoms with Gasteiger partial charge in [-0.15, -0.1) is 0 Å². The highest BCUT2D eigenvalue weighted by Crippen LogP contribution is 2.29. The lowest BCUT2D eigenvalue weighted by molar-refractivity contribution is 0.133. The quantitative estimate of drug-likeness (QED) is 0.743. The lowest BCUT2D eigenvalue weighted by Gasteiger charge is -2.05. The molecule has 0 amide bonds. The highest BCUT2D eigenvalue weighted by Gasteiger charge is 2.10. The van der Waals surface area contributed by atoms with E-state index in [0.717, 1.165) is 42.7 Å². The van der Waals surface area contributed by atoms with Crippen molar-refractivity contribution in [2.75, 3.05) is 19.8 Å². The molecule has 3 nitrogen and oxygen atoms in total. The topological polar surface area (TPSA) is 34.4 Å². The number of halogens is 1. The third-order valence-electron chi connectivity index (χ3n) is 3.02. The van der Waals surface area contributed by atoms with Crippen LogP contribution in [0.2, 0.25) is 5.22 Å². The van der Waals surface area contributed by atoms with Gasteiger partial charge in [0.1, 0.15) is 5.58 Å². The van der Waals surface area contributed by atoms with Crippen LogP contribution in [-0.2, 0) is 11.3 Å². The SMILES string of the molecule is CCCCOCCNCc1c(Cl)oc2ccccc12. The first-order valence-electron chi connectivity index (χ1n) is 6.77. The molecule has 0 aliphatic carbocycles. The molecule has 1 aromatic carbocycles. The highest BCUT2D eigenvalue weighted by molar-refractivity contribution is 6.30. The normalized spacial score (nSPS) is 11.3. The molecular weight excluding hydrogens is 262 g/mol. The van der Waals surface area contributed by atoms with E-state index in [2.05, 4.69) is 12.2 Å². The van der Waals surface area contributed by atoms with Gasteiger partial charge in [-0.25, -0.2) is 0 Å². The smallest absolute Gasteiger partial charge is 0.199 e. The van der Waals surface area contributed by atoms with Crippen LogP contribution in [0.4, 0.5) is 0 Å². The Bertz CT molecular complexity index is 510. The van der Waals surface area contributed by atoms with E-state index in [9.17, 15) is 0 Å². The Morgan fingerprint density at radius 1 is 1.26 bits per heavy atom. The fraction of sp³-hybridized carbons (Fsp3) is 0.467. The molecule has 0 unspecified atom stereocenters. The van der Waals surface area contributed by atoms with E-state index in [4.69, 9.17) is 20.8 Å². The lowest BCUT2D eigenvalue weighted by atomic mass is 10.2. The molecule has 0 saturated heterocycles. The predicted molar refractivity (Wildman–Crippen MR) is 78.7 cm³/mol. The Labute approximate surface area is 118 Å². The van der Waals surface area contributed by atoms with Crippen LogP contribution in [-0.4, -0.2) is 19.8 Å². The lowest BCUT2D eigenvalue weighted by Crippen LogP contribution is -2.19. The summed E-state index contributed by atoms with van der Waals surface area (Å²) in [6, 6.07) is 7.89. The Morgan fingerprint density at radius 3 is 2.95 bits per heavy atom. The first kappa shape index (κ1) is 14.4. The third kappa shape index (κ3) is 3.96. The van der Waals surface area contributed by atoms with E-state index < -0.39 is 0 Å². The molecule has 19 heavy (non-hydrogen) atoms. The first-order valence-corrected chi connectivity index (χ1v) is 7.15. The molecule has 0 atom stereocenters. The zero-order valence-corrected chi connectivity index (χ0v) is 12.0. The molecule has 0 aliphatic heterocycles. The number of benzene rings is 1. The Hall–Kier alpha value is -1.03. The van der Waals surface area contributed by atoms with Gasteiger partial charge in [-0.3, -0.25) is 0 Å². The molecule has 1 aromatic heterocycles. The molecule has 0 bridgehead atoms. The van der Waals surface area contributed by atoms with Crippen LogP contribution in [0.5, 0.6) is 0 Å². The van der Waals surface area contributed by atoms with Crippen LogP contribution in [0.3, 0.4) is 0 Å². The van der Waals surface area contributed by atoms with E-state index in [-0.39, 0.29) is 0 Å². The number of furan rings is 1. The average molecular weight is 282 g/mol. The van der Waals surface area contributed by atoms with Crippen molar-refractivity contribution in [2.24, 2.45) is 0 Å². The number of para-hydroxylation sites is 1. The Morgan fingerprint density at radius 2 is 2.11 bits per heavy atom. The van der Waals surface area contributed by atoms with E-state index in [1.165, 1.54) is 6.42 Å². The summed E-state index contributed by atoms with van der Waals surface area (Å²) in [5.41, 5.74) is 1.86. The van der Waals surface area contributed by atoms with Crippen molar-refractivity contribution in [2.45, 2.75) is 26.3 Å². The van der Waals surface area contributed by atoms with Crippen LogP contribution in [0.25, 0.3) is 11.0 Å². The Balaban J connectivity index is 1.80. The van der Waals surface area contributed by atoms with Gasteiger partial charge in [-0.05, 0) is 24.1 Å². The van der Waals surface area contributed by atoms with Crippen molar-refractivity contribution in [1.82, 2.24) is 5.32 Å². The minimum Gasteiger partial charge on any atom is -0.444 e. The minimum atomic E-state index is 0.473. The molecule has 0 aliphatic rings. The van der Waals surface area contributed by atoms with Gasteiger partial charge in [0.25, 0.3) is 0 Å². The van der Waals surface area contributed by atoms with Crippen molar-refractivity contribution in [3.63, 3.8) is 0 Å². The van der Waals surface area contributed by atoms with Crippen molar-refractivity contribution in [1.29, 1.82) is 0 Å². The van der Waals surface area contributed by atoms with E-state index >= 15 is 0 Å². The molecule has 0 fully saturated rings. The van der Waals surface area contributed by atoms with Crippen molar-refractivity contribution >= 4 is 22.6 Å². The zero-order chi connectivity index (χ0) is 13.5. The maximum atomic E-state index is 6.11. The number of rotatable bonds is 8. The van der Waals surface area contributed by atoms with Crippen LogP contribution < -0.4 is 5.32 Å². The fourth-order valence-corrected chi connectivity index (χ4v) is 2.19. The van der Waals surface area contributed by atoms with Gasteiger partial charge >= 0.3 is 0 Å². The highest BCUT2D eigenvalue weighted by atomic mass is 35.5. The van der Waals surface area contributed by atoms with E-state index in [1.54, 1.807) is 0 Å². The van der Waals surface area contributed by atoms with Crippen molar-refractivity contribution in [3.05, 3.63) is 35.0 Å². The number of nitrogens with one attached hydrogen (secondary N) is 1.